The SMILES string of the molecule is Cc1ccc(S(=O)(=O)OC[C@@H](O)[C@@H](N)COS(=O)(=O)c2ccc(C)cc2)cc1.[Cl-]. The Kier molecular flexibility index (Phi) is 9.22. The average Bonchev–Trinajstić information content (AvgIpc) is 2.65. The number of aliphatic hydroxyl groups excluding tert-OH is 1. The smallest absolute Gasteiger partial charge is 0.297 e. The van der Waals surface area contributed by atoms with E-state index in [1.165, 1.54) is 24.3 Å². The van der Waals surface area contributed by atoms with Crippen LogP contribution in [0.3, 0.4) is 0 Å². The Morgan fingerprint density at radius 1 is 0.793 bits per heavy atom. The van der Waals surface area contributed by atoms with Gasteiger partial charge in [-0.15, -0.1) is 0 Å². The van der Waals surface area contributed by atoms with Crippen LogP contribution in [-0.2, 0) is 28.6 Å². The van der Waals surface area contributed by atoms with Gasteiger partial charge in [0, 0.05) is 0 Å². The molecule has 162 valence electrons. The predicted molar refractivity (Wildman–Crippen MR) is 103 cm³/mol. The molecule has 2 rings (SSSR count). The molecule has 0 amide bonds. The molecule has 2 atom stereocenters. The molecule has 0 fully saturated rings. The van der Waals surface area contributed by atoms with Gasteiger partial charge in [0.15, 0.2) is 0 Å². The monoisotopic (exact) mass is 464 g/mol. The number of nitrogens with two attached hydrogens (primary N) is 1. The predicted octanol–water partition coefficient (Wildman–Crippen LogP) is -1.89. The summed E-state index contributed by atoms with van der Waals surface area (Å²) in [5.41, 5.74) is 7.47. The number of hydrogen-bond acceptors (Lipinski definition) is 8. The number of benzene rings is 2. The highest BCUT2D eigenvalue weighted by molar-refractivity contribution is 7.87. The van der Waals surface area contributed by atoms with Gasteiger partial charge in [-0.05, 0) is 38.1 Å². The van der Waals surface area contributed by atoms with E-state index in [2.05, 4.69) is 0 Å². The Labute approximate surface area is 177 Å². The van der Waals surface area contributed by atoms with E-state index in [4.69, 9.17) is 14.1 Å². The van der Waals surface area contributed by atoms with Crippen molar-refractivity contribution in [2.75, 3.05) is 13.2 Å². The molecule has 29 heavy (non-hydrogen) atoms. The van der Waals surface area contributed by atoms with Crippen molar-refractivity contribution in [2.45, 2.75) is 35.8 Å². The van der Waals surface area contributed by atoms with Crippen molar-refractivity contribution in [3.63, 3.8) is 0 Å². The van der Waals surface area contributed by atoms with E-state index < -0.39 is 45.6 Å². The van der Waals surface area contributed by atoms with Crippen LogP contribution < -0.4 is 18.1 Å². The molecule has 0 radical (unpaired) electrons. The Morgan fingerprint density at radius 3 is 1.52 bits per heavy atom. The fraction of sp³-hybridized carbons (Fsp3) is 0.333. The molecule has 0 aromatic heterocycles. The standard InChI is InChI=1S/C18H23NO7S2.ClH/c1-13-3-7-15(8-4-13)27(21,22)25-11-17(19)18(20)12-26-28(23,24)16-9-5-14(2)6-10-16;/h3-10,17-18,20H,11-12,19H2,1-2H3;1H/p-1/t17-,18+;/m0./s1. The van der Waals surface area contributed by atoms with Gasteiger partial charge in [0.05, 0.1) is 35.2 Å². The Bertz CT molecular complexity index is 908. The summed E-state index contributed by atoms with van der Waals surface area (Å²) in [5.74, 6) is 0. The molecule has 11 heteroatoms. The molecule has 0 saturated carbocycles. The summed E-state index contributed by atoms with van der Waals surface area (Å²) in [7, 11) is -8.12. The molecule has 3 N–H and O–H groups in total. The van der Waals surface area contributed by atoms with E-state index in [9.17, 15) is 21.9 Å². The first kappa shape index (κ1) is 25.5. The maximum atomic E-state index is 12.1. The second kappa shape index (κ2) is 10.5. The van der Waals surface area contributed by atoms with Crippen molar-refractivity contribution in [3.8, 4) is 0 Å². The topological polar surface area (TPSA) is 133 Å². The Hall–Kier alpha value is -1.53. The van der Waals surface area contributed by atoms with E-state index in [1.807, 2.05) is 13.8 Å². The summed E-state index contributed by atoms with van der Waals surface area (Å²) < 4.78 is 58.1. The lowest BCUT2D eigenvalue weighted by molar-refractivity contribution is -0.0000144. The van der Waals surface area contributed by atoms with E-state index in [-0.39, 0.29) is 22.2 Å². The van der Waals surface area contributed by atoms with Crippen molar-refractivity contribution in [1.82, 2.24) is 0 Å². The summed E-state index contributed by atoms with van der Waals surface area (Å²) >= 11 is 0. The van der Waals surface area contributed by atoms with Crippen molar-refractivity contribution in [1.29, 1.82) is 0 Å². The molecular weight excluding hydrogens is 442 g/mol. The van der Waals surface area contributed by atoms with Crippen LogP contribution in [0.15, 0.2) is 58.3 Å². The van der Waals surface area contributed by atoms with Crippen LogP contribution in [0.1, 0.15) is 11.1 Å². The van der Waals surface area contributed by atoms with Crippen molar-refractivity contribution < 1.29 is 42.7 Å². The minimum absolute atomic E-state index is 0. The van der Waals surface area contributed by atoms with Crippen LogP contribution in [0.2, 0.25) is 0 Å². The second-order valence-corrected chi connectivity index (χ2v) is 9.57. The lowest BCUT2D eigenvalue weighted by Gasteiger charge is -2.18. The van der Waals surface area contributed by atoms with Crippen molar-refractivity contribution >= 4 is 20.2 Å². The van der Waals surface area contributed by atoms with Gasteiger partial charge in [-0.3, -0.25) is 8.37 Å². The molecule has 0 unspecified atom stereocenters. The minimum atomic E-state index is -4.07. The van der Waals surface area contributed by atoms with Gasteiger partial charge in [-0.2, -0.15) is 16.8 Å². The van der Waals surface area contributed by atoms with E-state index in [0.29, 0.717) is 0 Å². The van der Waals surface area contributed by atoms with Crippen LogP contribution in [0.5, 0.6) is 0 Å². The zero-order valence-electron chi connectivity index (χ0n) is 15.9. The fourth-order valence-electron chi connectivity index (χ4n) is 2.11. The van der Waals surface area contributed by atoms with Gasteiger partial charge in [0.1, 0.15) is 0 Å². The maximum Gasteiger partial charge on any atom is 0.297 e. The molecule has 0 heterocycles. The number of hydrogen-bond donors (Lipinski definition) is 2. The van der Waals surface area contributed by atoms with E-state index in [1.54, 1.807) is 24.3 Å². The highest BCUT2D eigenvalue weighted by Gasteiger charge is 2.24. The largest absolute Gasteiger partial charge is 1.00 e. The van der Waals surface area contributed by atoms with E-state index in [0.717, 1.165) is 11.1 Å². The zero-order chi connectivity index (χ0) is 20.9. The third-order valence-corrected chi connectivity index (χ3v) is 6.51. The number of halogens is 1. The first-order chi connectivity index (χ1) is 13.0. The molecule has 0 spiro atoms. The molecule has 0 bridgehead atoms. The average molecular weight is 465 g/mol. The lowest BCUT2D eigenvalue weighted by atomic mass is 10.2. The van der Waals surface area contributed by atoms with Gasteiger partial charge < -0.3 is 23.2 Å². The van der Waals surface area contributed by atoms with Crippen LogP contribution in [0.25, 0.3) is 0 Å². The second-order valence-electron chi connectivity index (χ2n) is 6.33. The van der Waals surface area contributed by atoms with Crippen LogP contribution in [0, 0.1) is 13.8 Å². The normalized spacial score (nSPS) is 14.1. The van der Waals surface area contributed by atoms with Crippen molar-refractivity contribution in [2.24, 2.45) is 5.73 Å². The summed E-state index contributed by atoms with van der Waals surface area (Å²) in [4.78, 5) is -0.102. The first-order valence-electron chi connectivity index (χ1n) is 8.37. The minimum Gasteiger partial charge on any atom is -1.00 e. The van der Waals surface area contributed by atoms with Gasteiger partial charge in [-0.25, -0.2) is 0 Å². The Morgan fingerprint density at radius 2 is 1.14 bits per heavy atom. The number of aliphatic hydroxyl groups is 1. The summed E-state index contributed by atoms with van der Waals surface area (Å²) in [6.45, 7) is 2.45. The van der Waals surface area contributed by atoms with Gasteiger partial charge in [0.2, 0.25) is 0 Å². The van der Waals surface area contributed by atoms with Crippen LogP contribution in [0.4, 0.5) is 0 Å². The summed E-state index contributed by atoms with van der Waals surface area (Å²) in [6.07, 6.45) is -1.45. The summed E-state index contributed by atoms with van der Waals surface area (Å²) in [5, 5.41) is 9.99. The molecule has 2 aromatic rings. The maximum absolute atomic E-state index is 12.1. The summed E-state index contributed by atoms with van der Waals surface area (Å²) in [6, 6.07) is 10.8. The molecule has 0 aliphatic rings. The molecular formula is C18H23ClNO7S2-. The highest BCUT2D eigenvalue weighted by atomic mass is 35.5. The quantitative estimate of drug-likeness (QED) is 0.411. The highest BCUT2D eigenvalue weighted by Crippen LogP contribution is 2.15. The van der Waals surface area contributed by atoms with Gasteiger partial charge in [-0.1, -0.05) is 35.4 Å². The molecule has 2 aromatic carbocycles. The number of aryl methyl sites for hydroxylation is 2. The van der Waals surface area contributed by atoms with Crippen LogP contribution >= 0.6 is 0 Å². The van der Waals surface area contributed by atoms with Crippen molar-refractivity contribution in [3.05, 3.63) is 59.7 Å². The van der Waals surface area contributed by atoms with E-state index >= 15 is 0 Å². The zero-order valence-corrected chi connectivity index (χ0v) is 18.2. The number of rotatable bonds is 9. The van der Waals surface area contributed by atoms with Gasteiger partial charge >= 0.3 is 0 Å². The Balaban J connectivity index is 0.00000420. The molecule has 0 saturated heterocycles. The third-order valence-electron chi connectivity index (χ3n) is 3.92. The fourth-order valence-corrected chi connectivity index (χ4v) is 3.97. The molecule has 0 aliphatic carbocycles. The molecule has 8 nitrogen and oxygen atoms in total. The third kappa shape index (κ3) is 7.34. The first-order valence-corrected chi connectivity index (χ1v) is 11.2. The molecule has 0 aliphatic heterocycles. The van der Waals surface area contributed by atoms with Gasteiger partial charge in [0.25, 0.3) is 20.2 Å². The van der Waals surface area contributed by atoms with Crippen LogP contribution in [-0.4, -0.2) is 47.3 Å². The lowest BCUT2D eigenvalue weighted by Crippen LogP contribution is -3.00.